The van der Waals surface area contributed by atoms with E-state index < -0.39 is 0 Å². The van der Waals surface area contributed by atoms with Crippen LogP contribution in [0.25, 0.3) is 16.8 Å². The van der Waals surface area contributed by atoms with E-state index in [2.05, 4.69) is 15.2 Å². The highest BCUT2D eigenvalue weighted by Gasteiger charge is 2.13. The number of nitrogens with zero attached hydrogens (tertiary/aromatic N) is 4. The molecular formula is C17H14N4OS. The van der Waals surface area contributed by atoms with Gasteiger partial charge in [-0.1, -0.05) is 42.1 Å². The van der Waals surface area contributed by atoms with Crippen LogP contribution < -0.4 is 0 Å². The van der Waals surface area contributed by atoms with Crippen LogP contribution >= 0.6 is 11.8 Å². The van der Waals surface area contributed by atoms with Crippen LogP contribution in [0.2, 0.25) is 0 Å². The molecule has 0 aliphatic carbocycles. The summed E-state index contributed by atoms with van der Waals surface area (Å²) in [6.45, 7) is 1.95. The number of thioether (sulfide) groups is 1. The fraction of sp³-hybridized carbons (Fsp3) is 0.118. The van der Waals surface area contributed by atoms with Gasteiger partial charge in [-0.15, -0.1) is 10.2 Å². The van der Waals surface area contributed by atoms with Crippen LogP contribution in [0.4, 0.5) is 0 Å². The molecule has 0 N–H and O–H groups in total. The van der Waals surface area contributed by atoms with Crippen molar-refractivity contribution in [3.63, 3.8) is 0 Å². The molecule has 2 heterocycles. The number of aromatic nitrogens is 4. The summed E-state index contributed by atoms with van der Waals surface area (Å²) >= 11 is 1.56. The molecular weight excluding hydrogens is 308 g/mol. The number of para-hydroxylation sites is 3. The Kier molecular flexibility index (Phi) is 3.59. The maximum absolute atomic E-state index is 5.75. The van der Waals surface area contributed by atoms with E-state index in [-0.39, 0.29) is 0 Å². The van der Waals surface area contributed by atoms with E-state index in [9.17, 15) is 0 Å². The van der Waals surface area contributed by atoms with Crippen molar-refractivity contribution < 1.29 is 4.42 Å². The number of oxazole rings is 1. The third-order valence-corrected chi connectivity index (χ3v) is 4.39. The summed E-state index contributed by atoms with van der Waals surface area (Å²) in [7, 11) is 0. The number of benzene rings is 2. The smallest absolute Gasteiger partial charge is 0.205 e. The molecule has 23 heavy (non-hydrogen) atoms. The van der Waals surface area contributed by atoms with Crippen molar-refractivity contribution in [2.45, 2.75) is 17.8 Å². The lowest BCUT2D eigenvalue weighted by Crippen LogP contribution is -1.98. The van der Waals surface area contributed by atoms with Gasteiger partial charge in [-0.3, -0.25) is 4.57 Å². The predicted molar refractivity (Wildman–Crippen MR) is 89.7 cm³/mol. The van der Waals surface area contributed by atoms with Gasteiger partial charge in [-0.05, 0) is 31.2 Å². The summed E-state index contributed by atoms with van der Waals surface area (Å²) in [6.07, 6.45) is 0. The van der Waals surface area contributed by atoms with E-state index in [0.29, 0.717) is 11.6 Å². The Morgan fingerprint density at radius 3 is 2.61 bits per heavy atom. The summed E-state index contributed by atoms with van der Waals surface area (Å²) in [6, 6.07) is 17.9. The molecule has 0 amide bonds. The SMILES string of the molecule is Cc1nnc(SCc2nc3ccccc3o2)n1-c1ccccc1. The summed E-state index contributed by atoms with van der Waals surface area (Å²) in [5.41, 5.74) is 2.74. The number of rotatable bonds is 4. The van der Waals surface area contributed by atoms with Crippen molar-refractivity contribution in [3.8, 4) is 5.69 Å². The van der Waals surface area contributed by atoms with E-state index in [1.807, 2.05) is 66.1 Å². The molecule has 0 atom stereocenters. The van der Waals surface area contributed by atoms with Gasteiger partial charge < -0.3 is 4.42 Å². The van der Waals surface area contributed by atoms with Gasteiger partial charge >= 0.3 is 0 Å². The molecule has 0 saturated heterocycles. The fourth-order valence-electron chi connectivity index (χ4n) is 2.42. The Morgan fingerprint density at radius 1 is 1.00 bits per heavy atom. The van der Waals surface area contributed by atoms with E-state index in [1.165, 1.54) is 0 Å². The molecule has 114 valence electrons. The Hall–Kier alpha value is -2.60. The van der Waals surface area contributed by atoms with Crippen LogP contribution in [-0.4, -0.2) is 19.7 Å². The quantitative estimate of drug-likeness (QED) is 0.531. The highest BCUT2D eigenvalue weighted by Crippen LogP contribution is 2.26. The molecule has 2 aromatic heterocycles. The van der Waals surface area contributed by atoms with Gasteiger partial charge in [-0.25, -0.2) is 4.98 Å². The minimum absolute atomic E-state index is 0.611. The van der Waals surface area contributed by atoms with Crippen LogP contribution in [0.15, 0.2) is 64.2 Å². The summed E-state index contributed by atoms with van der Waals surface area (Å²) in [4.78, 5) is 4.49. The third-order valence-electron chi connectivity index (χ3n) is 3.47. The van der Waals surface area contributed by atoms with E-state index in [0.717, 1.165) is 27.8 Å². The first-order valence-electron chi connectivity index (χ1n) is 7.26. The van der Waals surface area contributed by atoms with Gasteiger partial charge in [0, 0.05) is 5.69 Å². The van der Waals surface area contributed by atoms with Crippen molar-refractivity contribution in [1.29, 1.82) is 0 Å². The highest BCUT2D eigenvalue weighted by atomic mass is 32.2. The lowest BCUT2D eigenvalue weighted by molar-refractivity contribution is 0.556. The van der Waals surface area contributed by atoms with Crippen LogP contribution in [0.5, 0.6) is 0 Å². The lowest BCUT2D eigenvalue weighted by Gasteiger charge is -2.07. The first kappa shape index (κ1) is 14.0. The number of hydrogen-bond acceptors (Lipinski definition) is 5. The van der Waals surface area contributed by atoms with Crippen LogP contribution in [0.3, 0.4) is 0 Å². The molecule has 5 nitrogen and oxygen atoms in total. The van der Waals surface area contributed by atoms with Crippen molar-refractivity contribution in [1.82, 2.24) is 19.7 Å². The van der Waals surface area contributed by atoms with Crippen LogP contribution in [0.1, 0.15) is 11.7 Å². The second kappa shape index (κ2) is 5.89. The van der Waals surface area contributed by atoms with Crippen molar-refractivity contribution >= 4 is 22.9 Å². The van der Waals surface area contributed by atoms with Crippen molar-refractivity contribution in [2.24, 2.45) is 0 Å². The maximum Gasteiger partial charge on any atom is 0.205 e. The number of aryl methyl sites for hydroxylation is 1. The third kappa shape index (κ3) is 2.73. The normalized spacial score (nSPS) is 11.2. The standard InChI is InChI=1S/C17H14N4OS/c1-12-19-20-17(21(12)13-7-3-2-4-8-13)23-11-16-18-14-9-5-6-10-15(14)22-16/h2-10H,11H2,1H3. The monoisotopic (exact) mass is 322 g/mol. The molecule has 6 heteroatoms. The van der Waals surface area contributed by atoms with Crippen molar-refractivity contribution in [2.75, 3.05) is 0 Å². The Balaban J connectivity index is 1.60. The van der Waals surface area contributed by atoms with E-state index in [4.69, 9.17) is 4.42 Å². The first-order valence-corrected chi connectivity index (χ1v) is 8.24. The molecule has 2 aromatic carbocycles. The van der Waals surface area contributed by atoms with Gasteiger partial charge in [0.1, 0.15) is 11.3 Å². The minimum atomic E-state index is 0.611. The molecule has 0 bridgehead atoms. The zero-order valence-corrected chi connectivity index (χ0v) is 13.3. The molecule has 0 unspecified atom stereocenters. The summed E-state index contributed by atoms with van der Waals surface area (Å²) < 4.78 is 7.79. The molecule has 4 rings (SSSR count). The van der Waals surface area contributed by atoms with Crippen molar-refractivity contribution in [3.05, 3.63) is 66.3 Å². The van der Waals surface area contributed by atoms with Gasteiger partial charge in [0.2, 0.25) is 5.89 Å². The summed E-state index contributed by atoms with van der Waals surface area (Å²) in [5.74, 6) is 2.16. The second-order valence-corrected chi connectivity index (χ2v) is 6.01. The Morgan fingerprint density at radius 2 is 1.78 bits per heavy atom. The highest BCUT2D eigenvalue weighted by molar-refractivity contribution is 7.98. The molecule has 0 aliphatic rings. The number of fused-ring (bicyclic) bond motifs is 1. The van der Waals surface area contributed by atoms with E-state index in [1.54, 1.807) is 11.8 Å². The lowest BCUT2D eigenvalue weighted by atomic mass is 10.3. The molecule has 0 spiro atoms. The van der Waals surface area contributed by atoms with Gasteiger partial charge in [0.05, 0.1) is 5.75 Å². The van der Waals surface area contributed by atoms with E-state index >= 15 is 0 Å². The molecule has 0 fully saturated rings. The average Bonchev–Trinajstić information content (AvgIpc) is 3.16. The fourth-order valence-corrected chi connectivity index (χ4v) is 3.26. The maximum atomic E-state index is 5.75. The first-order chi connectivity index (χ1) is 11.3. The molecule has 0 radical (unpaired) electrons. The average molecular weight is 322 g/mol. The van der Waals surface area contributed by atoms with Gasteiger partial charge in [0.25, 0.3) is 0 Å². The molecule has 0 saturated carbocycles. The number of hydrogen-bond donors (Lipinski definition) is 0. The molecule has 4 aromatic rings. The zero-order chi connectivity index (χ0) is 15.6. The predicted octanol–water partition coefficient (Wildman–Crippen LogP) is 4.01. The Bertz CT molecular complexity index is 913. The largest absolute Gasteiger partial charge is 0.440 e. The molecule has 0 aliphatic heterocycles. The summed E-state index contributed by atoms with van der Waals surface area (Å²) in [5, 5.41) is 9.29. The van der Waals surface area contributed by atoms with Crippen LogP contribution in [0, 0.1) is 6.92 Å². The topological polar surface area (TPSA) is 56.7 Å². The van der Waals surface area contributed by atoms with Gasteiger partial charge in [-0.2, -0.15) is 0 Å². The minimum Gasteiger partial charge on any atom is -0.440 e. The zero-order valence-electron chi connectivity index (χ0n) is 12.5. The van der Waals surface area contributed by atoms with Crippen LogP contribution in [-0.2, 0) is 5.75 Å². The van der Waals surface area contributed by atoms with Gasteiger partial charge in [0.15, 0.2) is 10.7 Å². The Labute approximate surface area is 137 Å². The second-order valence-electron chi connectivity index (χ2n) is 5.06.